The van der Waals surface area contributed by atoms with E-state index in [4.69, 9.17) is 5.11 Å². The van der Waals surface area contributed by atoms with Crippen LogP contribution in [-0.2, 0) is 4.79 Å². The lowest BCUT2D eigenvalue weighted by Crippen LogP contribution is -2.67. The molecule has 0 rings (SSSR count). The Kier molecular flexibility index (Phi) is 4.07. The van der Waals surface area contributed by atoms with Crippen LogP contribution in [0.15, 0.2) is 0 Å². The van der Waals surface area contributed by atoms with Crippen LogP contribution < -0.4 is 0 Å². The lowest BCUT2D eigenvalue weighted by Gasteiger charge is -2.36. The normalized spacial score (nSPS) is 15.5. The molecule has 0 aromatic heterocycles. The van der Waals surface area contributed by atoms with E-state index in [2.05, 4.69) is 11.6 Å². The van der Waals surface area contributed by atoms with Gasteiger partial charge in [0.05, 0.1) is 0 Å². The molecule has 0 amide bonds. The standard InChI is InChI=1S/C6HClF10O2/c7-6(16,17)5(14,15)4(12,13)3(10,11)2(8,9)1(18)19/h(H,18,19). The van der Waals surface area contributed by atoms with Gasteiger partial charge < -0.3 is 5.11 Å². The summed E-state index contributed by atoms with van der Waals surface area (Å²) in [6.07, 6.45) is 0. The summed E-state index contributed by atoms with van der Waals surface area (Å²) in [5, 5.41) is 1.26. The van der Waals surface area contributed by atoms with Gasteiger partial charge in [0.1, 0.15) is 0 Å². The Bertz CT molecular complexity index is 373. The Morgan fingerprint density at radius 1 is 0.737 bits per heavy atom. The summed E-state index contributed by atoms with van der Waals surface area (Å²) in [5.74, 6) is -32.5. The van der Waals surface area contributed by atoms with Crippen LogP contribution in [0.1, 0.15) is 0 Å². The minimum absolute atomic E-state index is 3.46. The van der Waals surface area contributed by atoms with Crippen molar-refractivity contribution < 1.29 is 53.8 Å². The van der Waals surface area contributed by atoms with Crippen LogP contribution in [0.3, 0.4) is 0 Å². The molecule has 0 bridgehead atoms. The van der Waals surface area contributed by atoms with Gasteiger partial charge in [0.25, 0.3) is 0 Å². The monoisotopic (exact) mass is 330 g/mol. The van der Waals surface area contributed by atoms with Crippen LogP contribution in [0.2, 0.25) is 0 Å². The van der Waals surface area contributed by atoms with Gasteiger partial charge in [0.2, 0.25) is 0 Å². The number of alkyl halides is 11. The molecule has 0 fully saturated rings. The van der Waals surface area contributed by atoms with Crippen LogP contribution in [0, 0.1) is 0 Å². The molecule has 2 nitrogen and oxygen atoms in total. The SMILES string of the molecule is O=C(O)C(F)(F)C(F)(F)C(F)(F)C(F)(F)C(F)(F)Cl. The van der Waals surface area contributed by atoms with Crippen LogP contribution in [0.5, 0.6) is 0 Å². The molecule has 0 spiro atoms. The fourth-order valence-corrected chi connectivity index (χ4v) is 0.825. The number of aliphatic carboxylic acids is 1. The Morgan fingerprint density at radius 3 is 1.26 bits per heavy atom. The predicted octanol–water partition coefficient (Wildman–Crippen LogP) is 3.44. The number of carboxylic acids is 1. The lowest BCUT2D eigenvalue weighted by atomic mass is 9.98. The fourth-order valence-electron chi connectivity index (χ4n) is 0.707. The van der Waals surface area contributed by atoms with Crippen molar-refractivity contribution in [3.8, 4) is 0 Å². The van der Waals surface area contributed by atoms with E-state index in [9.17, 15) is 48.7 Å². The first-order valence-electron chi connectivity index (χ1n) is 3.76. The number of carbonyl (C=O) groups is 1. The first kappa shape index (κ1) is 18.1. The molecule has 0 atom stereocenters. The van der Waals surface area contributed by atoms with E-state index in [1.165, 1.54) is 0 Å². The summed E-state index contributed by atoms with van der Waals surface area (Å²) in [4.78, 5) is 9.66. The van der Waals surface area contributed by atoms with E-state index < -0.39 is 35.0 Å². The van der Waals surface area contributed by atoms with Gasteiger partial charge in [0, 0.05) is 0 Å². The molecule has 0 aromatic carbocycles. The highest BCUT2D eigenvalue weighted by atomic mass is 35.5. The van der Waals surface area contributed by atoms with Gasteiger partial charge in [-0.15, -0.1) is 0 Å². The molecule has 0 saturated heterocycles. The second-order valence-electron chi connectivity index (χ2n) is 3.10. The van der Waals surface area contributed by atoms with E-state index in [1.54, 1.807) is 0 Å². The maximum atomic E-state index is 12.5. The van der Waals surface area contributed by atoms with E-state index in [0.717, 1.165) is 0 Å². The zero-order chi connectivity index (χ0) is 16.1. The topological polar surface area (TPSA) is 37.3 Å². The van der Waals surface area contributed by atoms with Gasteiger partial charge in [-0.2, -0.15) is 43.9 Å². The molecule has 0 saturated carbocycles. The maximum Gasteiger partial charge on any atom is 0.410 e. The second kappa shape index (κ2) is 4.28. The molecule has 1 N–H and O–H groups in total. The van der Waals surface area contributed by atoms with Crippen molar-refractivity contribution in [2.24, 2.45) is 0 Å². The smallest absolute Gasteiger partial charge is 0.410 e. The van der Waals surface area contributed by atoms with Crippen LogP contribution in [-0.4, -0.2) is 40.1 Å². The van der Waals surface area contributed by atoms with Gasteiger partial charge in [-0.05, 0) is 11.6 Å². The minimum Gasteiger partial charge on any atom is -0.477 e. The average Bonchev–Trinajstić information content (AvgIpc) is 2.14. The fraction of sp³-hybridized carbons (Fsp3) is 0.833. The molecule has 0 aliphatic rings. The van der Waals surface area contributed by atoms with Crippen LogP contribution >= 0.6 is 11.6 Å². The van der Waals surface area contributed by atoms with Crippen molar-refractivity contribution in [2.45, 2.75) is 29.1 Å². The molecule has 13 heteroatoms. The Morgan fingerprint density at radius 2 is 1.05 bits per heavy atom. The summed E-state index contributed by atoms with van der Waals surface area (Å²) >= 11 is 3.46. The Balaban J connectivity index is 5.99. The maximum absolute atomic E-state index is 12.5. The molecule has 0 aromatic rings. The Labute approximate surface area is 101 Å². The molecule has 0 aliphatic carbocycles. The van der Waals surface area contributed by atoms with Crippen molar-refractivity contribution in [1.82, 2.24) is 0 Å². The molecule has 0 unspecified atom stereocenters. The molecular formula is C6HClF10O2. The van der Waals surface area contributed by atoms with Gasteiger partial charge in [-0.3, -0.25) is 0 Å². The number of carboxylic acid groups (broad SMARTS) is 1. The number of halogens is 11. The third kappa shape index (κ3) is 2.30. The molecule has 114 valence electrons. The highest BCUT2D eigenvalue weighted by Crippen LogP contribution is 2.57. The van der Waals surface area contributed by atoms with E-state index in [1.807, 2.05) is 0 Å². The van der Waals surface area contributed by atoms with Gasteiger partial charge in [-0.1, -0.05) is 0 Å². The summed E-state index contributed by atoms with van der Waals surface area (Å²) in [7, 11) is 0. The van der Waals surface area contributed by atoms with Crippen molar-refractivity contribution in [3.63, 3.8) is 0 Å². The zero-order valence-electron chi connectivity index (χ0n) is 8.01. The van der Waals surface area contributed by atoms with E-state index in [0.29, 0.717) is 0 Å². The van der Waals surface area contributed by atoms with E-state index >= 15 is 0 Å². The lowest BCUT2D eigenvalue weighted by molar-refractivity contribution is -0.384. The molecule has 0 heterocycles. The molecular weight excluding hydrogens is 329 g/mol. The van der Waals surface area contributed by atoms with Crippen molar-refractivity contribution in [3.05, 3.63) is 0 Å². The van der Waals surface area contributed by atoms with Gasteiger partial charge in [-0.25, -0.2) is 4.79 Å². The summed E-state index contributed by atoms with van der Waals surface area (Å²) in [6.45, 7) is 0. The number of hydrogen-bond donors (Lipinski definition) is 1. The number of rotatable bonds is 5. The Hall–Kier alpha value is -0.940. The van der Waals surface area contributed by atoms with Crippen LogP contribution in [0.4, 0.5) is 43.9 Å². The average molecular weight is 331 g/mol. The summed E-state index contributed by atoms with van der Waals surface area (Å²) in [6, 6.07) is 0. The van der Waals surface area contributed by atoms with Crippen molar-refractivity contribution in [2.75, 3.05) is 0 Å². The molecule has 0 radical (unpaired) electrons. The van der Waals surface area contributed by atoms with Crippen molar-refractivity contribution >= 4 is 17.6 Å². The summed E-state index contributed by atoms with van der Waals surface area (Å²) in [5.41, 5.74) is 0. The van der Waals surface area contributed by atoms with E-state index in [-0.39, 0.29) is 0 Å². The highest BCUT2D eigenvalue weighted by Gasteiger charge is 2.87. The largest absolute Gasteiger partial charge is 0.477 e. The zero-order valence-corrected chi connectivity index (χ0v) is 8.77. The van der Waals surface area contributed by atoms with Crippen molar-refractivity contribution in [1.29, 1.82) is 0 Å². The molecule has 0 aliphatic heterocycles. The third-order valence-electron chi connectivity index (χ3n) is 1.81. The van der Waals surface area contributed by atoms with Gasteiger partial charge >= 0.3 is 35.0 Å². The first-order chi connectivity index (χ1) is 7.94. The highest BCUT2D eigenvalue weighted by molar-refractivity contribution is 6.22. The number of hydrogen-bond acceptors (Lipinski definition) is 1. The minimum atomic E-state index is -7.44. The van der Waals surface area contributed by atoms with Crippen LogP contribution in [0.25, 0.3) is 0 Å². The predicted molar refractivity (Wildman–Crippen MR) is 38.2 cm³/mol. The molecule has 19 heavy (non-hydrogen) atoms. The summed E-state index contributed by atoms with van der Waals surface area (Å²) < 4.78 is 123. The quantitative estimate of drug-likeness (QED) is 0.619. The first-order valence-corrected chi connectivity index (χ1v) is 4.13. The third-order valence-corrected chi connectivity index (χ3v) is 2.04. The van der Waals surface area contributed by atoms with Gasteiger partial charge in [0.15, 0.2) is 0 Å². The second-order valence-corrected chi connectivity index (χ2v) is 3.58.